The first-order valence-electron chi connectivity index (χ1n) is 9.50. The fraction of sp³-hybridized carbons (Fsp3) is 0.429. The van der Waals surface area contributed by atoms with Crippen molar-refractivity contribution >= 4 is 16.8 Å². The zero-order chi connectivity index (χ0) is 18.4. The van der Waals surface area contributed by atoms with E-state index in [1.54, 1.807) is 7.05 Å². The van der Waals surface area contributed by atoms with Crippen molar-refractivity contribution in [3.05, 3.63) is 42.2 Å². The van der Waals surface area contributed by atoms with E-state index in [2.05, 4.69) is 51.0 Å². The average Bonchev–Trinajstić information content (AvgIpc) is 3.28. The van der Waals surface area contributed by atoms with E-state index in [4.69, 9.17) is 0 Å². The molecule has 1 aromatic carbocycles. The third-order valence-corrected chi connectivity index (χ3v) is 5.01. The van der Waals surface area contributed by atoms with Crippen molar-refractivity contribution in [1.82, 2.24) is 19.9 Å². The molecule has 0 unspecified atom stereocenters. The standard InChI is InChI=1S/C21H28N4O/c1-16-17-10-7-8-11-18(17)25(20(16)21-23-13-14-24-21)15-9-5-3-4-6-12-19(26)22-2/h7-8,10-11,13-14H,3-6,9,12,15H2,1-2H3,(H,22,26)(H,23,24). The molecule has 1 amide bonds. The highest BCUT2D eigenvalue weighted by molar-refractivity contribution is 5.90. The lowest BCUT2D eigenvalue weighted by molar-refractivity contribution is -0.120. The number of hydrogen-bond acceptors (Lipinski definition) is 2. The Morgan fingerprint density at radius 1 is 1.15 bits per heavy atom. The minimum Gasteiger partial charge on any atom is -0.359 e. The number of benzene rings is 1. The Kier molecular flexibility index (Phi) is 6.10. The molecule has 0 saturated carbocycles. The summed E-state index contributed by atoms with van der Waals surface area (Å²) in [5, 5.41) is 3.97. The van der Waals surface area contributed by atoms with Crippen LogP contribution in [0.15, 0.2) is 36.7 Å². The Morgan fingerprint density at radius 3 is 2.69 bits per heavy atom. The Bertz CT molecular complexity index is 848. The number of aromatic amines is 1. The molecule has 2 aromatic heterocycles. The maximum Gasteiger partial charge on any atom is 0.219 e. The van der Waals surface area contributed by atoms with E-state index in [1.165, 1.54) is 35.0 Å². The zero-order valence-electron chi connectivity index (χ0n) is 15.7. The summed E-state index contributed by atoms with van der Waals surface area (Å²) in [6, 6.07) is 8.57. The number of unbranched alkanes of at least 4 members (excludes halogenated alkanes) is 4. The Labute approximate surface area is 154 Å². The SMILES string of the molecule is CNC(=O)CCCCCCCn1c(-c2ncc[nH]2)c(C)c2ccccc21. The lowest BCUT2D eigenvalue weighted by atomic mass is 10.1. The van der Waals surface area contributed by atoms with E-state index >= 15 is 0 Å². The molecule has 0 aliphatic rings. The van der Waals surface area contributed by atoms with Crippen molar-refractivity contribution in [2.45, 2.75) is 52.0 Å². The van der Waals surface area contributed by atoms with Gasteiger partial charge in [0.15, 0.2) is 5.82 Å². The predicted molar refractivity (Wildman–Crippen MR) is 106 cm³/mol. The summed E-state index contributed by atoms with van der Waals surface area (Å²) in [5.41, 5.74) is 3.74. The van der Waals surface area contributed by atoms with Gasteiger partial charge in [0, 0.05) is 43.3 Å². The molecule has 0 saturated heterocycles. The van der Waals surface area contributed by atoms with Crippen LogP contribution in [-0.4, -0.2) is 27.5 Å². The van der Waals surface area contributed by atoms with Gasteiger partial charge < -0.3 is 14.9 Å². The van der Waals surface area contributed by atoms with Gasteiger partial charge >= 0.3 is 0 Å². The molecule has 138 valence electrons. The van der Waals surface area contributed by atoms with Crippen LogP contribution in [0, 0.1) is 6.92 Å². The van der Waals surface area contributed by atoms with Crippen LogP contribution in [0.2, 0.25) is 0 Å². The minimum absolute atomic E-state index is 0.141. The second-order valence-corrected chi connectivity index (χ2v) is 6.77. The molecule has 0 atom stereocenters. The third-order valence-electron chi connectivity index (χ3n) is 5.01. The second-order valence-electron chi connectivity index (χ2n) is 6.77. The van der Waals surface area contributed by atoms with Gasteiger partial charge in [0.25, 0.3) is 0 Å². The maximum absolute atomic E-state index is 11.2. The number of nitrogens with one attached hydrogen (secondary N) is 2. The van der Waals surface area contributed by atoms with Gasteiger partial charge in [0.1, 0.15) is 0 Å². The first kappa shape index (κ1) is 18.2. The molecule has 5 heteroatoms. The lowest BCUT2D eigenvalue weighted by Gasteiger charge is -2.10. The summed E-state index contributed by atoms with van der Waals surface area (Å²) in [7, 11) is 1.70. The van der Waals surface area contributed by atoms with Crippen LogP contribution in [-0.2, 0) is 11.3 Å². The number of carbonyl (C=O) groups is 1. The number of aromatic nitrogens is 3. The van der Waals surface area contributed by atoms with E-state index in [0.29, 0.717) is 6.42 Å². The summed E-state index contributed by atoms with van der Waals surface area (Å²) >= 11 is 0. The van der Waals surface area contributed by atoms with Crippen LogP contribution in [0.3, 0.4) is 0 Å². The van der Waals surface area contributed by atoms with Crippen molar-refractivity contribution in [3.63, 3.8) is 0 Å². The zero-order valence-corrected chi connectivity index (χ0v) is 15.7. The molecule has 0 fully saturated rings. The molecule has 0 aliphatic carbocycles. The number of hydrogen-bond donors (Lipinski definition) is 2. The van der Waals surface area contributed by atoms with Gasteiger partial charge in [-0.2, -0.15) is 0 Å². The lowest BCUT2D eigenvalue weighted by Crippen LogP contribution is -2.16. The summed E-state index contributed by atoms with van der Waals surface area (Å²) in [5.74, 6) is 1.08. The number of imidazole rings is 1. The van der Waals surface area contributed by atoms with Gasteiger partial charge in [0.2, 0.25) is 5.91 Å². The van der Waals surface area contributed by atoms with Crippen LogP contribution >= 0.6 is 0 Å². The highest BCUT2D eigenvalue weighted by Gasteiger charge is 2.16. The molecule has 3 aromatic rings. The number of nitrogens with zero attached hydrogens (tertiary/aromatic N) is 2. The molecule has 2 heterocycles. The maximum atomic E-state index is 11.2. The Balaban J connectivity index is 1.64. The van der Waals surface area contributed by atoms with Crippen LogP contribution < -0.4 is 5.32 Å². The highest BCUT2D eigenvalue weighted by atomic mass is 16.1. The first-order valence-corrected chi connectivity index (χ1v) is 9.50. The number of H-pyrrole nitrogens is 1. The number of rotatable bonds is 9. The molecule has 0 bridgehead atoms. The Hall–Kier alpha value is -2.56. The number of para-hydroxylation sites is 1. The average molecular weight is 352 g/mol. The van der Waals surface area contributed by atoms with Gasteiger partial charge in [-0.25, -0.2) is 4.98 Å². The van der Waals surface area contributed by atoms with Crippen molar-refractivity contribution in [1.29, 1.82) is 0 Å². The van der Waals surface area contributed by atoms with Gasteiger partial charge in [-0.15, -0.1) is 0 Å². The Morgan fingerprint density at radius 2 is 1.92 bits per heavy atom. The fourth-order valence-electron chi connectivity index (χ4n) is 3.62. The van der Waals surface area contributed by atoms with Gasteiger partial charge in [-0.1, -0.05) is 37.5 Å². The molecule has 0 spiro atoms. The molecule has 3 rings (SSSR count). The number of aryl methyl sites for hydroxylation is 2. The summed E-state index contributed by atoms with van der Waals surface area (Å²) in [4.78, 5) is 19.0. The third kappa shape index (κ3) is 3.98. The quantitative estimate of drug-likeness (QED) is 0.560. The molecular weight excluding hydrogens is 324 g/mol. The van der Waals surface area contributed by atoms with Crippen molar-refractivity contribution in [2.24, 2.45) is 0 Å². The van der Waals surface area contributed by atoms with Crippen molar-refractivity contribution in [2.75, 3.05) is 7.05 Å². The van der Waals surface area contributed by atoms with E-state index in [1.807, 2.05) is 12.4 Å². The molecule has 0 aliphatic heterocycles. The fourth-order valence-corrected chi connectivity index (χ4v) is 3.62. The summed E-state index contributed by atoms with van der Waals surface area (Å²) < 4.78 is 2.40. The summed E-state index contributed by atoms with van der Waals surface area (Å²) in [6.07, 6.45) is 9.90. The van der Waals surface area contributed by atoms with Crippen LogP contribution in [0.25, 0.3) is 22.4 Å². The van der Waals surface area contributed by atoms with E-state index < -0.39 is 0 Å². The van der Waals surface area contributed by atoms with Crippen molar-refractivity contribution < 1.29 is 4.79 Å². The molecular formula is C21H28N4O. The van der Waals surface area contributed by atoms with E-state index in [9.17, 15) is 4.79 Å². The molecule has 26 heavy (non-hydrogen) atoms. The number of fused-ring (bicyclic) bond motifs is 1. The predicted octanol–water partition coefficient (Wildman–Crippen LogP) is 4.43. The number of amides is 1. The topological polar surface area (TPSA) is 62.7 Å². The van der Waals surface area contributed by atoms with Crippen LogP contribution in [0.1, 0.15) is 44.1 Å². The van der Waals surface area contributed by atoms with Crippen LogP contribution in [0.4, 0.5) is 0 Å². The second kappa shape index (κ2) is 8.70. The summed E-state index contributed by atoms with van der Waals surface area (Å²) in [6.45, 7) is 3.16. The van der Waals surface area contributed by atoms with Gasteiger partial charge in [0.05, 0.1) is 5.69 Å². The van der Waals surface area contributed by atoms with E-state index in [-0.39, 0.29) is 5.91 Å². The van der Waals surface area contributed by atoms with Gasteiger partial charge in [-0.05, 0) is 31.4 Å². The van der Waals surface area contributed by atoms with E-state index in [0.717, 1.165) is 31.6 Å². The number of carbonyl (C=O) groups excluding carboxylic acids is 1. The monoisotopic (exact) mass is 352 g/mol. The molecule has 5 nitrogen and oxygen atoms in total. The largest absolute Gasteiger partial charge is 0.359 e. The minimum atomic E-state index is 0.141. The van der Waals surface area contributed by atoms with Gasteiger partial charge in [-0.3, -0.25) is 4.79 Å². The normalized spacial score (nSPS) is 11.2. The highest BCUT2D eigenvalue weighted by Crippen LogP contribution is 2.31. The smallest absolute Gasteiger partial charge is 0.219 e. The molecule has 2 N–H and O–H groups in total. The van der Waals surface area contributed by atoms with Crippen molar-refractivity contribution in [3.8, 4) is 11.5 Å². The van der Waals surface area contributed by atoms with Crippen LogP contribution in [0.5, 0.6) is 0 Å². The molecule has 0 radical (unpaired) electrons. The first-order chi connectivity index (χ1) is 12.7.